The molecule has 0 bridgehead atoms. The van der Waals surface area contributed by atoms with E-state index in [-0.39, 0.29) is 29.9 Å². The van der Waals surface area contributed by atoms with Crippen molar-refractivity contribution in [3.05, 3.63) is 12.7 Å². The Balaban J connectivity index is 0.00000361. The van der Waals surface area contributed by atoms with Crippen molar-refractivity contribution in [3.8, 4) is 0 Å². The molecular formula is C12H22F3IN4. The maximum atomic E-state index is 12.2. The maximum Gasteiger partial charge on any atom is 0.401 e. The van der Waals surface area contributed by atoms with Gasteiger partial charge in [0.05, 0.1) is 6.54 Å². The summed E-state index contributed by atoms with van der Waals surface area (Å²) in [5, 5.41) is 6.13. The van der Waals surface area contributed by atoms with Crippen LogP contribution in [0.5, 0.6) is 0 Å². The predicted octanol–water partition coefficient (Wildman–Crippen LogP) is 1.84. The summed E-state index contributed by atoms with van der Waals surface area (Å²) in [6, 6.07) is 0. The first-order valence-electron chi connectivity index (χ1n) is 6.29. The van der Waals surface area contributed by atoms with Crippen LogP contribution in [0.15, 0.2) is 17.6 Å². The maximum absolute atomic E-state index is 12.2. The fraction of sp³-hybridized carbons (Fsp3) is 0.750. The molecule has 20 heavy (non-hydrogen) atoms. The smallest absolute Gasteiger partial charge is 0.356 e. The first kappa shape index (κ1) is 19.5. The Kier molecular flexibility index (Phi) is 9.19. The number of aliphatic imine (C=N–C) groups is 1. The van der Waals surface area contributed by atoms with Gasteiger partial charge in [0, 0.05) is 26.7 Å². The molecule has 1 unspecified atom stereocenters. The highest BCUT2D eigenvalue weighted by molar-refractivity contribution is 14.0. The molecule has 0 aromatic carbocycles. The van der Waals surface area contributed by atoms with Crippen molar-refractivity contribution in [3.63, 3.8) is 0 Å². The first-order chi connectivity index (χ1) is 8.94. The van der Waals surface area contributed by atoms with Gasteiger partial charge in [0.1, 0.15) is 0 Å². The summed E-state index contributed by atoms with van der Waals surface area (Å²) < 4.78 is 36.7. The molecule has 8 heteroatoms. The van der Waals surface area contributed by atoms with Gasteiger partial charge in [0.25, 0.3) is 0 Å². The number of rotatable bonds is 5. The molecule has 0 aromatic rings. The number of halogens is 4. The minimum Gasteiger partial charge on any atom is -0.356 e. The van der Waals surface area contributed by atoms with E-state index in [9.17, 15) is 13.2 Å². The van der Waals surface area contributed by atoms with Crippen molar-refractivity contribution in [2.24, 2.45) is 10.9 Å². The molecule has 118 valence electrons. The zero-order chi connectivity index (χ0) is 14.3. The van der Waals surface area contributed by atoms with Crippen molar-refractivity contribution in [2.75, 3.05) is 39.8 Å². The topological polar surface area (TPSA) is 39.7 Å². The molecule has 0 aliphatic carbocycles. The summed E-state index contributed by atoms with van der Waals surface area (Å²) in [6.45, 7) is 4.99. The lowest BCUT2D eigenvalue weighted by Crippen LogP contribution is -2.40. The van der Waals surface area contributed by atoms with Crippen LogP contribution in [0, 0.1) is 5.92 Å². The summed E-state index contributed by atoms with van der Waals surface area (Å²) in [4.78, 5) is 5.47. The van der Waals surface area contributed by atoms with Crippen LogP contribution < -0.4 is 10.6 Å². The van der Waals surface area contributed by atoms with Crippen LogP contribution in [0.1, 0.15) is 6.42 Å². The highest BCUT2D eigenvalue weighted by Gasteiger charge is 2.34. The molecule has 2 N–H and O–H groups in total. The second kappa shape index (κ2) is 9.43. The lowest BCUT2D eigenvalue weighted by molar-refractivity contribution is -0.143. The molecule has 0 saturated carbocycles. The molecule has 1 heterocycles. The molecule has 0 aromatic heterocycles. The molecule has 1 rings (SSSR count). The number of nitrogens with zero attached hydrogens (tertiary/aromatic N) is 2. The van der Waals surface area contributed by atoms with Crippen LogP contribution in [0.4, 0.5) is 13.2 Å². The van der Waals surface area contributed by atoms with Gasteiger partial charge in [-0.05, 0) is 18.9 Å². The second-order valence-corrected chi connectivity index (χ2v) is 4.63. The number of alkyl halides is 3. The summed E-state index contributed by atoms with van der Waals surface area (Å²) in [6.07, 6.45) is -1.61. The molecule has 1 aliphatic heterocycles. The Morgan fingerprint density at radius 1 is 1.45 bits per heavy atom. The molecule has 0 amide bonds. The zero-order valence-electron chi connectivity index (χ0n) is 11.5. The Morgan fingerprint density at radius 2 is 2.15 bits per heavy atom. The Hall–Kier alpha value is -0.510. The number of nitrogens with one attached hydrogen (secondary N) is 2. The van der Waals surface area contributed by atoms with Gasteiger partial charge in [-0.3, -0.25) is 9.89 Å². The number of likely N-dealkylation sites (tertiary alicyclic amines) is 1. The zero-order valence-corrected chi connectivity index (χ0v) is 13.9. The monoisotopic (exact) mass is 406 g/mol. The van der Waals surface area contributed by atoms with Gasteiger partial charge in [-0.25, -0.2) is 0 Å². The second-order valence-electron chi connectivity index (χ2n) is 4.63. The van der Waals surface area contributed by atoms with Crippen molar-refractivity contribution in [1.82, 2.24) is 15.5 Å². The van der Waals surface area contributed by atoms with Crippen LogP contribution in [-0.4, -0.2) is 56.8 Å². The molecule has 1 aliphatic rings. The van der Waals surface area contributed by atoms with E-state index in [4.69, 9.17) is 0 Å². The minimum atomic E-state index is -4.11. The van der Waals surface area contributed by atoms with Crippen LogP contribution >= 0.6 is 24.0 Å². The summed E-state index contributed by atoms with van der Waals surface area (Å²) in [7, 11) is 1.66. The van der Waals surface area contributed by atoms with E-state index in [1.807, 2.05) is 0 Å². The van der Waals surface area contributed by atoms with Crippen molar-refractivity contribution < 1.29 is 13.2 Å². The van der Waals surface area contributed by atoms with Crippen LogP contribution in [0.25, 0.3) is 0 Å². The summed E-state index contributed by atoms with van der Waals surface area (Å²) in [5.41, 5.74) is 0. The lowest BCUT2D eigenvalue weighted by atomic mass is 10.1. The normalized spacial score (nSPS) is 20.4. The summed E-state index contributed by atoms with van der Waals surface area (Å²) >= 11 is 0. The third-order valence-electron chi connectivity index (χ3n) is 2.97. The molecule has 1 atom stereocenters. The van der Waals surface area contributed by atoms with Gasteiger partial charge in [0.15, 0.2) is 5.96 Å². The van der Waals surface area contributed by atoms with E-state index in [1.54, 1.807) is 13.1 Å². The highest BCUT2D eigenvalue weighted by atomic mass is 127. The quantitative estimate of drug-likeness (QED) is 0.317. The minimum absolute atomic E-state index is 0. The Bertz CT molecular complexity index is 320. The molecule has 0 spiro atoms. The molecule has 0 radical (unpaired) electrons. The largest absolute Gasteiger partial charge is 0.401 e. The van der Waals surface area contributed by atoms with Crippen LogP contribution in [-0.2, 0) is 0 Å². The van der Waals surface area contributed by atoms with Gasteiger partial charge in [-0.2, -0.15) is 13.2 Å². The van der Waals surface area contributed by atoms with Gasteiger partial charge >= 0.3 is 6.18 Å². The van der Waals surface area contributed by atoms with Crippen molar-refractivity contribution in [1.29, 1.82) is 0 Å². The standard InChI is InChI=1S/C12H21F3N4.HI/c1-3-5-17-11(16-2)18-7-10-4-6-19(8-10)9-12(13,14)15;/h3,10H,1,4-9H2,2H3,(H2,16,17,18);1H. The third kappa shape index (κ3) is 7.93. The van der Waals surface area contributed by atoms with Gasteiger partial charge in [-0.1, -0.05) is 6.08 Å². The average Bonchev–Trinajstić information content (AvgIpc) is 2.74. The first-order valence-corrected chi connectivity index (χ1v) is 6.29. The van der Waals surface area contributed by atoms with Crippen molar-refractivity contribution in [2.45, 2.75) is 12.6 Å². The third-order valence-corrected chi connectivity index (χ3v) is 2.97. The molecule has 1 saturated heterocycles. The van der Waals surface area contributed by atoms with Crippen LogP contribution in [0.3, 0.4) is 0 Å². The van der Waals surface area contributed by atoms with E-state index in [2.05, 4.69) is 22.2 Å². The number of hydrogen-bond donors (Lipinski definition) is 2. The van der Waals surface area contributed by atoms with E-state index in [0.29, 0.717) is 32.1 Å². The van der Waals surface area contributed by atoms with Gasteiger partial charge in [-0.15, -0.1) is 30.6 Å². The van der Waals surface area contributed by atoms with Crippen molar-refractivity contribution >= 4 is 29.9 Å². The Morgan fingerprint density at radius 3 is 2.70 bits per heavy atom. The fourth-order valence-corrected chi connectivity index (χ4v) is 2.11. The lowest BCUT2D eigenvalue weighted by Gasteiger charge is -2.18. The molecule has 4 nitrogen and oxygen atoms in total. The predicted molar refractivity (Wildman–Crippen MR) is 85.6 cm³/mol. The highest BCUT2D eigenvalue weighted by Crippen LogP contribution is 2.22. The van der Waals surface area contributed by atoms with E-state index < -0.39 is 12.7 Å². The average molecular weight is 406 g/mol. The van der Waals surface area contributed by atoms with Gasteiger partial charge < -0.3 is 10.6 Å². The summed E-state index contributed by atoms with van der Waals surface area (Å²) in [5.74, 6) is 0.874. The van der Waals surface area contributed by atoms with E-state index >= 15 is 0 Å². The molecule has 1 fully saturated rings. The molecular weight excluding hydrogens is 384 g/mol. The number of guanidine groups is 1. The number of hydrogen-bond acceptors (Lipinski definition) is 2. The van der Waals surface area contributed by atoms with Gasteiger partial charge in [0.2, 0.25) is 0 Å². The fourth-order valence-electron chi connectivity index (χ4n) is 2.11. The van der Waals surface area contributed by atoms with E-state index in [1.165, 1.54) is 4.90 Å². The van der Waals surface area contributed by atoms with Crippen LogP contribution in [0.2, 0.25) is 0 Å². The SMILES string of the molecule is C=CCNC(=NC)NCC1CCN(CC(F)(F)F)C1.I. The Labute approximate surface area is 134 Å². The van der Waals surface area contributed by atoms with E-state index in [0.717, 1.165) is 6.42 Å².